The molecule has 0 radical (unpaired) electrons. The van der Waals surface area contributed by atoms with Crippen LogP contribution >= 0.6 is 0 Å². The Bertz CT molecular complexity index is 565. The highest BCUT2D eigenvalue weighted by Crippen LogP contribution is 2.20. The fourth-order valence-corrected chi connectivity index (χ4v) is 4.00. The van der Waals surface area contributed by atoms with Gasteiger partial charge >= 0.3 is 5.97 Å². The molecule has 2 rings (SSSR count). The molecule has 1 fully saturated rings. The maximum Gasteiger partial charge on any atom is 0.317 e. The zero-order valence-corrected chi connectivity index (χ0v) is 11.4. The van der Waals surface area contributed by atoms with Crippen molar-refractivity contribution < 1.29 is 22.8 Å². The summed E-state index contributed by atoms with van der Waals surface area (Å²) in [4.78, 5) is 12.5. The maximum absolute atomic E-state index is 11.5. The highest BCUT2D eigenvalue weighted by molar-refractivity contribution is 7.91. The normalized spacial score (nSPS) is 21.9. The largest absolute Gasteiger partial charge is 0.480 e. The Morgan fingerprint density at radius 1 is 1.63 bits per heavy atom. The van der Waals surface area contributed by atoms with Crippen LogP contribution in [0.25, 0.3) is 0 Å². The summed E-state index contributed by atoms with van der Waals surface area (Å²) in [6, 6.07) is 1.45. The zero-order valence-electron chi connectivity index (χ0n) is 10.6. The molecule has 0 bridgehead atoms. The first-order valence-corrected chi connectivity index (χ1v) is 7.76. The molecule has 1 aromatic rings. The summed E-state index contributed by atoms with van der Waals surface area (Å²) in [7, 11) is -3.04. The second kappa shape index (κ2) is 5.30. The van der Waals surface area contributed by atoms with Crippen LogP contribution in [0.4, 0.5) is 0 Å². The van der Waals surface area contributed by atoms with Crippen LogP contribution in [-0.4, -0.2) is 53.6 Å². The van der Waals surface area contributed by atoms with Crippen LogP contribution in [0.2, 0.25) is 0 Å². The molecule has 1 aromatic heterocycles. The van der Waals surface area contributed by atoms with Crippen molar-refractivity contribution in [1.29, 1.82) is 0 Å². The molecule has 0 amide bonds. The van der Waals surface area contributed by atoms with Crippen molar-refractivity contribution in [1.82, 2.24) is 10.1 Å². The van der Waals surface area contributed by atoms with E-state index in [4.69, 9.17) is 9.63 Å². The van der Waals surface area contributed by atoms with Crippen molar-refractivity contribution in [2.75, 3.05) is 18.1 Å². The van der Waals surface area contributed by atoms with Crippen LogP contribution in [0.5, 0.6) is 0 Å². The molecule has 106 valence electrons. The number of nitrogens with zero attached hydrogens (tertiary/aromatic N) is 2. The van der Waals surface area contributed by atoms with Gasteiger partial charge in [-0.15, -0.1) is 0 Å². The third-order valence-corrected chi connectivity index (χ3v) is 4.85. The topological polar surface area (TPSA) is 101 Å². The van der Waals surface area contributed by atoms with E-state index in [9.17, 15) is 13.2 Å². The monoisotopic (exact) mass is 288 g/mol. The highest BCUT2D eigenvalue weighted by Gasteiger charge is 2.33. The molecule has 2 heterocycles. The first-order valence-electron chi connectivity index (χ1n) is 5.94. The predicted molar refractivity (Wildman–Crippen MR) is 66.3 cm³/mol. The highest BCUT2D eigenvalue weighted by atomic mass is 32.2. The zero-order chi connectivity index (χ0) is 14.0. The van der Waals surface area contributed by atoms with Crippen LogP contribution in [0.3, 0.4) is 0 Å². The van der Waals surface area contributed by atoms with Gasteiger partial charge in [-0.25, -0.2) is 8.42 Å². The van der Waals surface area contributed by atoms with Crippen molar-refractivity contribution in [2.45, 2.75) is 25.9 Å². The third-order valence-electron chi connectivity index (χ3n) is 3.10. The Kier molecular flexibility index (Phi) is 3.91. The number of rotatable bonds is 5. The summed E-state index contributed by atoms with van der Waals surface area (Å²) in [6.45, 7) is 1.82. The molecule has 1 saturated heterocycles. The molecular weight excluding hydrogens is 272 g/mol. The van der Waals surface area contributed by atoms with E-state index in [0.29, 0.717) is 17.9 Å². The van der Waals surface area contributed by atoms with Crippen molar-refractivity contribution in [2.24, 2.45) is 0 Å². The summed E-state index contributed by atoms with van der Waals surface area (Å²) in [5.74, 6) is -0.319. The summed E-state index contributed by atoms with van der Waals surface area (Å²) in [5.41, 5.74) is 0.712. The molecule has 7 nitrogen and oxygen atoms in total. The number of aromatic nitrogens is 1. The van der Waals surface area contributed by atoms with Gasteiger partial charge in [-0.3, -0.25) is 9.69 Å². The molecule has 19 heavy (non-hydrogen) atoms. The molecule has 0 spiro atoms. The van der Waals surface area contributed by atoms with Crippen molar-refractivity contribution >= 4 is 15.8 Å². The van der Waals surface area contributed by atoms with Crippen molar-refractivity contribution in [3.05, 3.63) is 17.5 Å². The molecule has 1 atom stereocenters. The van der Waals surface area contributed by atoms with Gasteiger partial charge in [0, 0.05) is 12.1 Å². The second-order valence-electron chi connectivity index (χ2n) is 4.79. The lowest BCUT2D eigenvalue weighted by molar-refractivity contribution is -0.139. The minimum atomic E-state index is -3.04. The molecule has 0 saturated carbocycles. The van der Waals surface area contributed by atoms with E-state index in [0.717, 1.165) is 0 Å². The number of hydrogen-bond acceptors (Lipinski definition) is 6. The molecule has 1 aliphatic rings. The Hall–Kier alpha value is -1.41. The molecular formula is C11H16N2O5S. The summed E-state index contributed by atoms with van der Waals surface area (Å²) >= 11 is 0. The Morgan fingerprint density at radius 3 is 2.84 bits per heavy atom. The fraction of sp³-hybridized carbons (Fsp3) is 0.636. The second-order valence-corrected chi connectivity index (χ2v) is 7.02. The van der Waals surface area contributed by atoms with E-state index in [1.807, 2.05) is 0 Å². The standard InChI is InChI=1S/C11H16N2O5S/c1-8-4-10(18-12-8)5-13(6-11(14)15)9-2-3-19(16,17)7-9/h4,9H,2-3,5-7H2,1H3,(H,14,15). The number of hydrogen-bond donors (Lipinski definition) is 1. The number of carboxylic acid groups (broad SMARTS) is 1. The minimum absolute atomic E-state index is 0.00734. The lowest BCUT2D eigenvalue weighted by Crippen LogP contribution is -2.39. The molecule has 0 aromatic carbocycles. The predicted octanol–water partition coefficient (Wildman–Crippen LogP) is 0.0567. The van der Waals surface area contributed by atoms with Crippen molar-refractivity contribution in [3.8, 4) is 0 Å². The number of carboxylic acids is 1. The number of aryl methyl sites for hydroxylation is 1. The number of aliphatic carboxylic acids is 1. The lowest BCUT2D eigenvalue weighted by atomic mass is 10.2. The van der Waals surface area contributed by atoms with Gasteiger partial charge in [0.2, 0.25) is 0 Å². The summed E-state index contributed by atoms with van der Waals surface area (Å²) in [5, 5.41) is 12.7. The van der Waals surface area contributed by atoms with E-state index in [1.165, 1.54) is 0 Å². The third kappa shape index (κ3) is 3.77. The van der Waals surface area contributed by atoms with E-state index >= 15 is 0 Å². The molecule has 1 aliphatic heterocycles. The van der Waals surface area contributed by atoms with E-state index < -0.39 is 15.8 Å². The van der Waals surface area contributed by atoms with E-state index in [1.54, 1.807) is 17.9 Å². The van der Waals surface area contributed by atoms with Gasteiger partial charge in [0.25, 0.3) is 0 Å². The quantitative estimate of drug-likeness (QED) is 0.817. The first kappa shape index (κ1) is 14.0. The Balaban J connectivity index is 2.10. The number of carbonyl (C=O) groups is 1. The van der Waals surface area contributed by atoms with Crippen molar-refractivity contribution in [3.63, 3.8) is 0 Å². The maximum atomic E-state index is 11.5. The van der Waals surface area contributed by atoms with Crippen LogP contribution in [0, 0.1) is 6.92 Å². The van der Waals surface area contributed by atoms with Gasteiger partial charge in [-0.05, 0) is 13.3 Å². The Labute approximate surface area is 111 Å². The fourth-order valence-electron chi connectivity index (χ4n) is 2.24. The average Bonchev–Trinajstić information content (AvgIpc) is 2.83. The van der Waals surface area contributed by atoms with Gasteiger partial charge in [-0.2, -0.15) is 0 Å². The van der Waals surface area contributed by atoms with E-state index in [2.05, 4.69) is 5.16 Å². The Morgan fingerprint density at radius 2 is 2.37 bits per heavy atom. The summed E-state index contributed by atoms with van der Waals surface area (Å²) in [6.07, 6.45) is 0.461. The van der Waals surface area contributed by atoms with Gasteiger partial charge in [0.1, 0.15) is 0 Å². The van der Waals surface area contributed by atoms with Gasteiger partial charge < -0.3 is 9.63 Å². The molecule has 1 N–H and O–H groups in total. The molecule has 8 heteroatoms. The number of sulfone groups is 1. The SMILES string of the molecule is Cc1cc(CN(CC(=O)O)C2CCS(=O)(=O)C2)on1. The summed E-state index contributed by atoms with van der Waals surface area (Å²) < 4.78 is 28.0. The van der Waals surface area contributed by atoms with E-state index in [-0.39, 0.29) is 30.6 Å². The average molecular weight is 288 g/mol. The smallest absolute Gasteiger partial charge is 0.317 e. The van der Waals surface area contributed by atoms with Gasteiger partial charge in [0.05, 0.1) is 30.3 Å². The lowest BCUT2D eigenvalue weighted by Gasteiger charge is -2.24. The van der Waals surface area contributed by atoms with Gasteiger partial charge in [-0.1, -0.05) is 5.16 Å². The first-order chi connectivity index (χ1) is 8.85. The van der Waals surface area contributed by atoms with Crippen LogP contribution < -0.4 is 0 Å². The molecule has 0 aliphatic carbocycles. The van der Waals surface area contributed by atoms with Crippen LogP contribution in [0.1, 0.15) is 17.9 Å². The van der Waals surface area contributed by atoms with Gasteiger partial charge in [0.15, 0.2) is 15.6 Å². The minimum Gasteiger partial charge on any atom is -0.480 e. The van der Waals surface area contributed by atoms with Crippen LogP contribution in [0.15, 0.2) is 10.6 Å². The van der Waals surface area contributed by atoms with Crippen LogP contribution in [-0.2, 0) is 21.2 Å². The molecule has 1 unspecified atom stereocenters.